The summed E-state index contributed by atoms with van der Waals surface area (Å²) in [6.45, 7) is 1.21. The number of imidazole rings is 1. The van der Waals surface area contributed by atoms with Crippen LogP contribution in [0.1, 0.15) is 19.6 Å². The van der Waals surface area contributed by atoms with Crippen LogP contribution in [-0.2, 0) is 23.8 Å². The standard InChI is InChI=1S/C15H17ClFN5O6/c1-2-26-14(25)9(13(23)24)27-4-6-3-7(17)12(28-6)22-5-19-8-10(18)20-15(16)21-11(8)22/h5-7,9,12H,2-4H2,1H3,(H,23,24)(H2,18,20,21). The minimum Gasteiger partial charge on any atom is -0.479 e. The van der Waals surface area contributed by atoms with Gasteiger partial charge in [0.2, 0.25) is 5.28 Å². The summed E-state index contributed by atoms with van der Waals surface area (Å²) in [5, 5.41) is 8.95. The first-order chi connectivity index (χ1) is 13.3. The van der Waals surface area contributed by atoms with Crippen LogP contribution in [0.15, 0.2) is 6.33 Å². The Labute approximate surface area is 162 Å². The Morgan fingerprint density at radius 3 is 2.96 bits per heavy atom. The van der Waals surface area contributed by atoms with Gasteiger partial charge in [0.05, 0.1) is 25.6 Å². The first-order valence-electron chi connectivity index (χ1n) is 8.28. The van der Waals surface area contributed by atoms with Crippen molar-refractivity contribution < 1.29 is 33.3 Å². The lowest BCUT2D eigenvalue weighted by molar-refractivity contribution is -0.172. The summed E-state index contributed by atoms with van der Waals surface area (Å²) >= 11 is 5.80. The van der Waals surface area contributed by atoms with Gasteiger partial charge < -0.3 is 25.1 Å². The zero-order chi connectivity index (χ0) is 20.4. The SMILES string of the molecule is CCOC(=O)C(OCC1CC(F)C(n2cnc3c(N)nc(Cl)nc32)O1)C(=O)O. The molecule has 152 valence electrons. The number of rotatable bonds is 7. The van der Waals surface area contributed by atoms with E-state index in [-0.39, 0.29) is 41.9 Å². The predicted octanol–water partition coefficient (Wildman–Crippen LogP) is 0.720. The molecule has 13 heteroatoms. The van der Waals surface area contributed by atoms with Crippen LogP contribution in [0.5, 0.6) is 0 Å². The molecule has 0 radical (unpaired) electrons. The summed E-state index contributed by atoms with van der Waals surface area (Å²) in [7, 11) is 0. The Bertz CT molecular complexity index is 895. The first-order valence-corrected chi connectivity index (χ1v) is 8.65. The van der Waals surface area contributed by atoms with Crippen molar-refractivity contribution in [2.75, 3.05) is 18.9 Å². The number of nitrogens with zero attached hydrogens (tertiary/aromatic N) is 4. The molecule has 4 atom stereocenters. The largest absolute Gasteiger partial charge is 0.479 e. The van der Waals surface area contributed by atoms with Crippen LogP contribution in [-0.4, -0.2) is 68.2 Å². The van der Waals surface area contributed by atoms with E-state index < -0.39 is 36.5 Å². The number of esters is 1. The van der Waals surface area contributed by atoms with E-state index in [1.807, 2.05) is 0 Å². The van der Waals surface area contributed by atoms with Crippen LogP contribution >= 0.6 is 11.6 Å². The van der Waals surface area contributed by atoms with Gasteiger partial charge in [-0.1, -0.05) is 0 Å². The monoisotopic (exact) mass is 417 g/mol. The topological polar surface area (TPSA) is 152 Å². The molecule has 3 heterocycles. The number of nitrogen functional groups attached to an aromatic ring is 1. The summed E-state index contributed by atoms with van der Waals surface area (Å²) in [4.78, 5) is 34.6. The fourth-order valence-corrected chi connectivity index (χ4v) is 2.98. The molecule has 1 fully saturated rings. The number of hydrogen-bond donors (Lipinski definition) is 2. The lowest BCUT2D eigenvalue weighted by Crippen LogP contribution is -2.36. The van der Waals surface area contributed by atoms with Crippen molar-refractivity contribution in [3.8, 4) is 0 Å². The number of alkyl halides is 1. The molecule has 2 aromatic heterocycles. The average molecular weight is 418 g/mol. The van der Waals surface area contributed by atoms with Gasteiger partial charge in [0.1, 0.15) is 11.7 Å². The zero-order valence-electron chi connectivity index (χ0n) is 14.6. The van der Waals surface area contributed by atoms with Gasteiger partial charge in [-0.2, -0.15) is 9.97 Å². The molecule has 1 saturated heterocycles. The summed E-state index contributed by atoms with van der Waals surface area (Å²) in [6.07, 6.45) is -3.98. The fraction of sp³-hybridized carbons (Fsp3) is 0.533. The number of carbonyl (C=O) groups excluding carboxylic acids is 1. The van der Waals surface area contributed by atoms with Crippen molar-refractivity contribution in [3.05, 3.63) is 11.6 Å². The molecule has 28 heavy (non-hydrogen) atoms. The van der Waals surface area contributed by atoms with E-state index in [1.165, 1.54) is 17.8 Å². The zero-order valence-corrected chi connectivity index (χ0v) is 15.4. The van der Waals surface area contributed by atoms with Crippen molar-refractivity contribution in [2.45, 2.75) is 38.0 Å². The van der Waals surface area contributed by atoms with Crippen LogP contribution in [0.25, 0.3) is 11.2 Å². The fourth-order valence-electron chi connectivity index (χ4n) is 2.81. The maximum Gasteiger partial charge on any atom is 0.347 e. The molecule has 0 bridgehead atoms. The molecule has 0 saturated carbocycles. The van der Waals surface area contributed by atoms with Gasteiger partial charge in [-0.3, -0.25) is 4.57 Å². The van der Waals surface area contributed by atoms with Gasteiger partial charge >= 0.3 is 11.9 Å². The van der Waals surface area contributed by atoms with E-state index >= 15 is 0 Å². The number of ether oxygens (including phenoxy) is 3. The smallest absolute Gasteiger partial charge is 0.347 e. The minimum absolute atomic E-state index is 0.00177. The lowest BCUT2D eigenvalue weighted by atomic mass is 10.2. The van der Waals surface area contributed by atoms with Crippen LogP contribution in [0.4, 0.5) is 10.2 Å². The van der Waals surface area contributed by atoms with E-state index in [0.29, 0.717) is 0 Å². The molecule has 3 rings (SSSR count). The molecule has 0 spiro atoms. The Morgan fingerprint density at radius 2 is 2.29 bits per heavy atom. The van der Waals surface area contributed by atoms with Gasteiger partial charge in [0, 0.05) is 6.42 Å². The lowest BCUT2D eigenvalue weighted by Gasteiger charge is -2.17. The number of carbonyl (C=O) groups is 2. The normalized spacial score (nSPS) is 23.0. The molecule has 4 unspecified atom stereocenters. The van der Waals surface area contributed by atoms with Crippen molar-refractivity contribution in [1.29, 1.82) is 0 Å². The second-order valence-corrected chi connectivity index (χ2v) is 6.24. The Hall–Kier alpha value is -2.57. The quantitative estimate of drug-likeness (QED) is 0.374. The van der Waals surface area contributed by atoms with E-state index in [4.69, 9.17) is 31.9 Å². The highest BCUT2D eigenvalue weighted by molar-refractivity contribution is 6.28. The first kappa shape index (κ1) is 20.2. The second kappa shape index (κ2) is 8.20. The number of anilines is 1. The van der Waals surface area contributed by atoms with Gasteiger partial charge in [0.15, 0.2) is 17.7 Å². The molecule has 0 aromatic carbocycles. The molecule has 3 N–H and O–H groups in total. The second-order valence-electron chi connectivity index (χ2n) is 5.91. The van der Waals surface area contributed by atoms with E-state index in [0.717, 1.165) is 0 Å². The number of halogens is 2. The van der Waals surface area contributed by atoms with Crippen molar-refractivity contribution in [2.24, 2.45) is 0 Å². The summed E-state index contributed by atoms with van der Waals surface area (Å²) in [5.41, 5.74) is 6.17. The minimum atomic E-state index is -1.82. The number of nitrogens with two attached hydrogens (primary N) is 1. The molecule has 2 aromatic rings. The Kier molecular flexibility index (Phi) is 5.91. The Balaban J connectivity index is 1.71. The highest BCUT2D eigenvalue weighted by Crippen LogP contribution is 2.34. The third kappa shape index (κ3) is 3.98. The highest BCUT2D eigenvalue weighted by Gasteiger charge is 2.39. The molecule has 1 aliphatic rings. The maximum atomic E-state index is 14.5. The van der Waals surface area contributed by atoms with Crippen LogP contribution in [0, 0.1) is 0 Å². The summed E-state index contributed by atoms with van der Waals surface area (Å²) in [6, 6.07) is 0. The molecular formula is C15H17ClFN5O6. The average Bonchev–Trinajstić information content (AvgIpc) is 3.18. The number of hydrogen-bond acceptors (Lipinski definition) is 9. The summed E-state index contributed by atoms with van der Waals surface area (Å²) < 4.78 is 31.2. The van der Waals surface area contributed by atoms with Gasteiger partial charge in [-0.05, 0) is 18.5 Å². The molecule has 0 amide bonds. The number of carboxylic acids is 1. The van der Waals surface area contributed by atoms with E-state index in [1.54, 1.807) is 0 Å². The third-order valence-electron chi connectivity index (χ3n) is 4.00. The van der Waals surface area contributed by atoms with Crippen molar-refractivity contribution in [3.63, 3.8) is 0 Å². The van der Waals surface area contributed by atoms with Crippen LogP contribution < -0.4 is 5.73 Å². The molecule has 0 aliphatic carbocycles. The molecular weight excluding hydrogens is 401 g/mol. The third-order valence-corrected chi connectivity index (χ3v) is 4.17. The predicted molar refractivity (Wildman–Crippen MR) is 92.2 cm³/mol. The van der Waals surface area contributed by atoms with Crippen LogP contribution in [0.3, 0.4) is 0 Å². The van der Waals surface area contributed by atoms with Gasteiger partial charge in [-0.25, -0.2) is 19.0 Å². The highest BCUT2D eigenvalue weighted by atomic mass is 35.5. The number of fused-ring (bicyclic) bond motifs is 1. The number of carboxylic acid groups (broad SMARTS) is 1. The van der Waals surface area contributed by atoms with Crippen molar-refractivity contribution >= 4 is 40.5 Å². The molecule has 1 aliphatic heterocycles. The van der Waals surface area contributed by atoms with E-state index in [2.05, 4.69) is 19.7 Å². The van der Waals surface area contributed by atoms with E-state index in [9.17, 15) is 14.0 Å². The van der Waals surface area contributed by atoms with Gasteiger partial charge in [-0.15, -0.1) is 0 Å². The molecule has 11 nitrogen and oxygen atoms in total. The number of aromatic nitrogens is 4. The number of aliphatic carboxylic acids is 1. The maximum absolute atomic E-state index is 14.5. The summed E-state index contributed by atoms with van der Waals surface area (Å²) in [5.74, 6) is -2.50. The van der Waals surface area contributed by atoms with Crippen molar-refractivity contribution in [1.82, 2.24) is 19.5 Å². The van der Waals surface area contributed by atoms with Crippen LogP contribution in [0.2, 0.25) is 5.28 Å². The Morgan fingerprint density at radius 1 is 1.54 bits per heavy atom. The van der Waals surface area contributed by atoms with Gasteiger partial charge in [0.25, 0.3) is 6.10 Å².